The number of hydrogen-bond acceptors (Lipinski definition) is 4. The van der Waals surface area contributed by atoms with Gasteiger partial charge in [-0.25, -0.2) is 0 Å². The summed E-state index contributed by atoms with van der Waals surface area (Å²) in [5.41, 5.74) is 5.19. The van der Waals surface area contributed by atoms with E-state index in [1.54, 1.807) is 0 Å². The molecular weight excluding hydrogens is 174 g/mol. The lowest BCUT2D eigenvalue weighted by atomic mass is 10.2. The molecule has 0 fully saturated rings. The van der Waals surface area contributed by atoms with Crippen molar-refractivity contribution in [3.63, 3.8) is 0 Å². The average molecular weight is 189 g/mol. The third-order valence-corrected chi connectivity index (χ3v) is 1.44. The van der Waals surface area contributed by atoms with Gasteiger partial charge < -0.3 is 15.6 Å². The van der Waals surface area contributed by atoms with Crippen molar-refractivity contribution in [1.29, 1.82) is 0 Å². The molecule has 0 aliphatic carbocycles. The average Bonchev–Trinajstić information content (AvgIpc) is 2.10. The highest BCUT2D eigenvalue weighted by Crippen LogP contribution is 1.97. The second-order valence-electron chi connectivity index (χ2n) is 2.70. The first-order valence-electron chi connectivity index (χ1n) is 4.22. The fourth-order valence-electron chi connectivity index (χ4n) is 0.685. The SMILES string of the molecule is CCCOC(=O)CCC(N)C(=O)O. The van der Waals surface area contributed by atoms with Crippen molar-refractivity contribution in [2.75, 3.05) is 6.61 Å². The molecule has 0 radical (unpaired) electrons. The van der Waals surface area contributed by atoms with Gasteiger partial charge in [0.05, 0.1) is 6.61 Å². The van der Waals surface area contributed by atoms with Crippen LogP contribution in [0.15, 0.2) is 0 Å². The Morgan fingerprint density at radius 3 is 2.62 bits per heavy atom. The summed E-state index contributed by atoms with van der Waals surface area (Å²) in [6, 6.07) is -0.978. The summed E-state index contributed by atoms with van der Waals surface area (Å²) in [5, 5.41) is 8.39. The molecule has 1 atom stereocenters. The lowest BCUT2D eigenvalue weighted by Gasteiger charge is -2.05. The Bertz CT molecular complexity index is 181. The molecule has 0 saturated carbocycles. The monoisotopic (exact) mass is 189 g/mol. The van der Waals surface area contributed by atoms with Crippen molar-refractivity contribution in [1.82, 2.24) is 0 Å². The highest BCUT2D eigenvalue weighted by Gasteiger charge is 2.13. The van der Waals surface area contributed by atoms with E-state index in [0.717, 1.165) is 6.42 Å². The number of carboxylic acids is 1. The molecule has 0 bridgehead atoms. The van der Waals surface area contributed by atoms with Crippen LogP contribution in [0.4, 0.5) is 0 Å². The highest BCUT2D eigenvalue weighted by atomic mass is 16.5. The van der Waals surface area contributed by atoms with Crippen molar-refractivity contribution < 1.29 is 19.4 Å². The Morgan fingerprint density at radius 2 is 2.15 bits per heavy atom. The molecule has 13 heavy (non-hydrogen) atoms. The van der Waals surface area contributed by atoms with Crippen LogP contribution in [0, 0.1) is 0 Å². The largest absolute Gasteiger partial charge is 0.480 e. The molecular formula is C8H15NO4. The summed E-state index contributed by atoms with van der Waals surface area (Å²) in [4.78, 5) is 21.1. The quantitative estimate of drug-likeness (QED) is 0.580. The summed E-state index contributed by atoms with van der Waals surface area (Å²) in [7, 11) is 0. The molecule has 0 aliphatic rings. The molecule has 3 N–H and O–H groups in total. The Morgan fingerprint density at radius 1 is 1.54 bits per heavy atom. The van der Waals surface area contributed by atoms with Crippen LogP contribution in [0.2, 0.25) is 0 Å². The summed E-state index contributed by atoms with van der Waals surface area (Å²) in [6.45, 7) is 2.26. The van der Waals surface area contributed by atoms with Crippen molar-refractivity contribution >= 4 is 11.9 Å². The van der Waals surface area contributed by atoms with Crippen LogP contribution in [0.3, 0.4) is 0 Å². The molecule has 0 aromatic heterocycles. The van der Waals surface area contributed by atoms with E-state index in [4.69, 9.17) is 15.6 Å². The van der Waals surface area contributed by atoms with Crippen LogP contribution in [0.1, 0.15) is 26.2 Å². The zero-order valence-corrected chi connectivity index (χ0v) is 7.66. The zero-order valence-electron chi connectivity index (χ0n) is 7.66. The molecule has 5 heteroatoms. The number of ether oxygens (including phenoxy) is 1. The van der Waals surface area contributed by atoms with E-state index in [1.165, 1.54) is 0 Å². The molecule has 0 heterocycles. The Hall–Kier alpha value is -1.10. The zero-order chi connectivity index (χ0) is 10.3. The van der Waals surface area contributed by atoms with Crippen molar-refractivity contribution in [3.05, 3.63) is 0 Å². The van der Waals surface area contributed by atoms with Crippen molar-refractivity contribution in [2.45, 2.75) is 32.2 Å². The lowest BCUT2D eigenvalue weighted by molar-refractivity contribution is -0.144. The smallest absolute Gasteiger partial charge is 0.320 e. The van der Waals surface area contributed by atoms with Crippen LogP contribution < -0.4 is 5.73 Å². The van der Waals surface area contributed by atoms with Gasteiger partial charge in [-0.1, -0.05) is 6.92 Å². The maximum Gasteiger partial charge on any atom is 0.320 e. The van der Waals surface area contributed by atoms with Gasteiger partial charge in [-0.15, -0.1) is 0 Å². The van der Waals surface area contributed by atoms with Crippen LogP contribution >= 0.6 is 0 Å². The molecule has 0 spiro atoms. The summed E-state index contributed by atoms with van der Waals surface area (Å²) >= 11 is 0. The van der Waals surface area contributed by atoms with E-state index in [-0.39, 0.29) is 12.8 Å². The topological polar surface area (TPSA) is 89.6 Å². The van der Waals surface area contributed by atoms with Gasteiger partial charge in [0, 0.05) is 6.42 Å². The second-order valence-corrected chi connectivity index (χ2v) is 2.70. The third kappa shape index (κ3) is 6.10. The number of aliphatic carboxylic acids is 1. The Kier molecular flexibility index (Phi) is 5.88. The molecule has 0 amide bonds. The minimum absolute atomic E-state index is 0.0630. The fraction of sp³-hybridized carbons (Fsp3) is 0.750. The fourth-order valence-corrected chi connectivity index (χ4v) is 0.685. The van der Waals surface area contributed by atoms with Crippen LogP contribution in [-0.4, -0.2) is 29.7 Å². The molecule has 0 aromatic carbocycles. The first-order chi connectivity index (χ1) is 6.07. The molecule has 0 rings (SSSR count). The standard InChI is InChI=1S/C8H15NO4/c1-2-5-13-7(10)4-3-6(9)8(11)12/h6H,2-5,9H2,1H3,(H,11,12). The number of carboxylic acid groups (broad SMARTS) is 1. The van der Waals surface area contributed by atoms with Gasteiger partial charge in [0.2, 0.25) is 0 Å². The maximum atomic E-state index is 10.9. The molecule has 76 valence electrons. The van der Waals surface area contributed by atoms with E-state index in [2.05, 4.69) is 0 Å². The summed E-state index contributed by atoms with van der Waals surface area (Å²) in [5.74, 6) is -1.48. The van der Waals surface area contributed by atoms with Gasteiger partial charge in [-0.2, -0.15) is 0 Å². The number of esters is 1. The van der Waals surface area contributed by atoms with Gasteiger partial charge in [0.15, 0.2) is 0 Å². The number of carbonyl (C=O) groups is 2. The molecule has 0 aromatic rings. The van der Waals surface area contributed by atoms with E-state index < -0.39 is 18.0 Å². The molecule has 1 unspecified atom stereocenters. The van der Waals surface area contributed by atoms with Gasteiger partial charge in [-0.3, -0.25) is 9.59 Å². The van der Waals surface area contributed by atoms with Crippen molar-refractivity contribution in [2.24, 2.45) is 5.73 Å². The van der Waals surface area contributed by atoms with Gasteiger partial charge in [-0.05, 0) is 12.8 Å². The molecule has 5 nitrogen and oxygen atoms in total. The van der Waals surface area contributed by atoms with E-state index in [9.17, 15) is 9.59 Å². The van der Waals surface area contributed by atoms with Crippen LogP contribution in [0.5, 0.6) is 0 Å². The summed E-state index contributed by atoms with van der Waals surface area (Å²) in [6.07, 6.45) is 0.946. The van der Waals surface area contributed by atoms with Gasteiger partial charge in [0.25, 0.3) is 0 Å². The van der Waals surface area contributed by atoms with Gasteiger partial charge >= 0.3 is 11.9 Å². The van der Waals surface area contributed by atoms with Crippen LogP contribution in [0.25, 0.3) is 0 Å². The van der Waals surface area contributed by atoms with E-state index >= 15 is 0 Å². The summed E-state index contributed by atoms with van der Waals surface area (Å²) < 4.78 is 4.73. The van der Waals surface area contributed by atoms with E-state index in [1.807, 2.05) is 6.92 Å². The maximum absolute atomic E-state index is 10.9. The number of nitrogens with two attached hydrogens (primary N) is 1. The normalized spacial score (nSPS) is 12.2. The number of rotatable bonds is 6. The second kappa shape index (κ2) is 6.42. The Labute approximate surface area is 76.9 Å². The molecule has 0 saturated heterocycles. The highest BCUT2D eigenvalue weighted by molar-refractivity contribution is 5.75. The van der Waals surface area contributed by atoms with Crippen molar-refractivity contribution in [3.8, 4) is 0 Å². The first-order valence-corrected chi connectivity index (χ1v) is 4.22. The predicted octanol–water partition coefficient (Wildman–Crippen LogP) is 0.132. The van der Waals surface area contributed by atoms with Gasteiger partial charge in [0.1, 0.15) is 6.04 Å². The predicted molar refractivity (Wildman–Crippen MR) is 46.1 cm³/mol. The minimum Gasteiger partial charge on any atom is -0.480 e. The minimum atomic E-state index is -1.09. The van der Waals surface area contributed by atoms with Crippen LogP contribution in [-0.2, 0) is 14.3 Å². The Balaban J connectivity index is 3.52. The lowest BCUT2D eigenvalue weighted by Crippen LogP contribution is -2.30. The number of hydrogen-bond donors (Lipinski definition) is 2. The van der Waals surface area contributed by atoms with E-state index in [0.29, 0.717) is 6.61 Å². The molecule has 0 aliphatic heterocycles. The number of carbonyl (C=O) groups excluding carboxylic acids is 1. The first kappa shape index (κ1) is 11.9. The third-order valence-electron chi connectivity index (χ3n) is 1.44.